The third-order valence-electron chi connectivity index (χ3n) is 5.29. The first-order valence-corrected chi connectivity index (χ1v) is 7.53. The van der Waals surface area contributed by atoms with E-state index < -0.39 is 0 Å². The summed E-state index contributed by atoms with van der Waals surface area (Å²) in [7, 11) is 0. The van der Waals surface area contributed by atoms with Gasteiger partial charge in [0.2, 0.25) is 0 Å². The van der Waals surface area contributed by atoms with Gasteiger partial charge in [-0.1, -0.05) is 60.7 Å². The Kier molecular flexibility index (Phi) is 2.69. The Morgan fingerprint density at radius 1 is 0.579 bits per heavy atom. The van der Waals surface area contributed by atoms with E-state index >= 15 is 0 Å². The van der Waals surface area contributed by atoms with Crippen molar-refractivity contribution >= 4 is 0 Å². The molecule has 0 amide bonds. The summed E-state index contributed by atoms with van der Waals surface area (Å²) in [5, 5.41) is 0. The van der Waals surface area contributed by atoms with Crippen LogP contribution in [0, 0.1) is 11.8 Å². The molecule has 0 saturated heterocycles. The van der Waals surface area contributed by atoms with Gasteiger partial charge in [0.15, 0.2) is 0 Å². The molecule has 0 spiro atoms. The van der Waals surface area contributed by atoms with Crippen LogP contribution in [0.4, 0.5) is 0 Å². The lowest BCUT2D eigenvalue weighted by atomic mass is 9.72. The smallest absolute Gasteiger partial charge is 0.00620 e. The van der Waals surface area contributed by atoms with Gasteiger partial charge in [-0.3, -0.25) is 0 Å². The highest BCUT2D eigenvalue weighted by molar-refractivity contribution is 5.33. The molecule has 4 rings (SSSR count). The molecule has 2 fully saturated rings. The summed E-state index contributed by atoms with van der Waals surface area (Å²) >= 11 is 0. The summed E-state index contributed by atoms with van der Waals surface area (Å²) < 4.78 is 0. The maximum absolute atomic E-state index is 2.33. The number of hydrogen-bond acceptors (Lipinski definition) is 0. The molecule has 0 aliphatic heterocycles. The second-order valence-electron chi connectivity index (χ2n) is 6.21. The van der Waals surface area contributed by atoms with Crippen molar-refractivity contribution in [1.29, 1.82) is 0 Å². The predicted molar refractivity (Wildman–Crippen MR) is 79.2 cm³/mol. The Labute approximate surface area is 115 Å². The molecule has 0 N–H and O–H groups in total. The van der Waals surface area contributed by atoms with Crippen molar-refractivity contribution < 1.29 is 0 Å². The third-order valence-corrected chi connectivity index (χ3v) is 5.29. The van der Waals surface area contributed by atoms with Crippen LogP contribution < -0.4 is 0 Å². The Morgan fingerprint density at radius 2 is 1.00 bits per heavy atom. The van der Waals surface area contributed by atoms with E-state index in [2.05, 4.69) is 60.7 Å². The molecule has 2 saturated carbocycles. The van der Waals surface area contributed by atoms with E-state index in [4.69, 9.17) is 0 Å². The molecule has 0 heteroatoms. The zero-order valence-corrected chi connectivity index (χ0v) is 11.2. The van der Waals surface area contributed by atoms with Gasteiger partial charge < -0.3 is 0 Å². The van der Waals surface area contributed by atoms with Crippen molar-refractivity contribution in [2.24, 2.45) is 11.8 Å². The topological polar surface area (TPSA) is 0 Å². The highest BCUT2D eigenvalue weighted by Gasteiger charge is 2.48. The van der Waals surface area contributed by atoms with Crippen LogP contribution in [-0.4, -0.2) is 0 Å². The largest absolute Gasteiger partial charge is 0.0622 e. The molecule has 96 valence electrons. The van der Waals surface area contributed by atoms with E-state index in [-0.39, 0.29) is 0 Å². The van der Waals surface area contributed by atoms with Gasteiger partial charge in [-0.05, 0) is 54.1 Å². The minimum absolute atomic E-state index is 0.752. The second-order valence-corrected chi connectivity index (χ2v) is 6.21. The summed E-state index contributed by atoms with van der Waals surface area (Å²) in [4.78, 5) is 0. The maximum atomic E-state index is 2.33. The van der Waals surface area contributed by atoms with Crippen LogP contribution in [-0.2, 0) is 0 Å². The maximum Gasteiger partial charge on any atom is -0.00620 e. The first kappa shape index (κ1) is 11.3. The first-order valence-electron chi connectivity index (χ1n) is 7.53. The van der Waals surface area contributed by atoms with E-state index in [1.54, 1.807) is 11.1 Å². The van der Waals surface area contributed by atoms with E-state index in [9.17, 15) is 0 Å². The molecule has 0 aromatic heterocycles. The van der Waals surface area contributed by atoms with Gasteiger partial charge in [0.05, 0.1) is 0 Å². The van der Waals surface area contributed by atoms with Crippen LogP contribution in [0.2, 0.25) is 0 Å². The van der Waals surface area contributed by atoms with Crippen molar-refractivity contribution in [3.05, 3.63) is 71.8 Å². The Morgan fingerprint density at radius 3 is 1.42 bits per heavy atom. The summed E-state index contributed by atoms with van der Waals surface area (Å²) in [6.45, 7) is 0. The van der Waals surface area contributed by atoms with Crippen LogP contribution in [0.3, 0.4) is 0 Å². The highest BCUT2D eigenvalue weighted by Crippen LogP contribution is 2.60. The lowest BCUT2D eigenvalue weighted by Crippen LogP contribution is -2.18. The van der Waals surface area contributed by atoms with E-state index in [0.29, 0.717) is 0 Å². The zero-order chi connectivity index (χ0) is 12.7. The zero-order valence-electron chi connectivity index (χ0n) is 11.2. The molecule has 19 heavy (non-hydrogen) atoms. The molecular formula is C19H20. The normalized spacial score (nSPS) is 32.6. The fraction of sp³-hybridized carbons (Fsp3) is 0.368. The summed E-state index contributed by atoms with van der Waals surface area (Å²) in [6.07, 6.45) is 4.32. The third kappa shape index (κ3) is 1.82. The summed E-state index contributed by atoms with van der Waals surface area (Å²) in [5.41, 5.74) is 3.12. The van der Waals surface area contributed by atoms with Crippen LogP contribution in [0.25, 0.3) is 0 Å². The molecule has 2 aromatic carbocycles. The Hall–Kier alpha value is -1.56. The van der Waals surface area contributed by atoms with Gasteiger partial charge >= 0.3 is 0 Å². The standard InChI is InChI=1S/C19H20/c1-3-7-14(8-4-1)18-16-11-12-17(13-16)19(18)15-9-5-2-6-10-15/h1-10,16-19H,11-13H2. The van der Waals surface area contributed by atoms with Gasteiger partial charge in [-0.2, -0.15) is 0 Å². The van der Waals surface area contributed by atoms with Gasteiger partial charge in [0, 0.05) is 0 Å². The highest BCUT2D eigenvalue weighted by atomic mass is 14.5. The molecule has 4 unspecified atom stereocenters. The summed E-state index contributed by atoms with van der Waals surface area (Å²) in [6, 6.07) is 22.4. The number of hydrogen-bond donors (Lipinski definition) is 0. The number of benzene rings is 2. The molecule has 0 nitrogen and oxygen atoms in total. The van der Waals surface area contributed by atoms with Gasteiger partial charge in [0.1, 0.15) is 0 Å². The summed E-state index contributed by atoms with van der Waals surface area (Å²) in [5.74, 6) is 3.33. The fourth-order valence-electron chi connectivity index (χ4n) is 4.60. The molecule has 2 bridgehead atoms. The Balaban J connectivity index is 1.76. The second kappa shape index (κ2) is 4.52. The van der Waals surface area contributed by atoms with Crippen molar-refractivity contribution in [2.45, 2.75) is 31.1 Å². The van der Waals surface area contributed by atoms with Crippen molar-refractivity contribution in [1.82, 2.24) is 0 Å². The average Bonchev–Trinajstić information content (AvgIpc) is 3.10. The van der Waals surface area contributed by atoms with Gasteiger partial charge in [0.25, 0.3) is 0 Å². The van der Waals surface area contributed by atoms with Gasteiger partial charge in [-0.25, -0.2) is 0 Å². The van der Waals surface area contributed by atoms with E-state index in [1.165, 1.54) is 19.3 Å². The Bertz CT molecular complexity index is 491. The molecule has 2 aliphatic carbocycles. The van der Waals surface area contributed by atoms with E-state index in [1.807, 2.05) is 0 Å². The molecular weight excluding hydrogens is 228 g/mol. The number of fused-ring (bicyclic) bond motifs is 2. The van der Waals surface area contributed by atoms with Crippen molar-refractivity contribution in [2.75, 3.05) is 0 Å². The average molecular weight is 248 g/mol. The molecule has 0 radical (unpaired) electrons. The van der Waals surface area contributed by atoms with Gasteiger partial charge in [-0.15, -0.1) is 0 Å². The molecule has 2 aliphatic rings. The lowest BCUT2D eigenvalue weighted by molar-refractivity contribution is 0.366. The minimum Gasteiger partial charge on any atom is -0.0622 e. The predicted octanol–water partition coefficient (Wildman–Crippen LogP) is 4.98. The lowest BCUT2D eigenvalue weighted by Gasteiger charge is -2.32. The molecule has 4 atom stereocenters. The monoisotopic (exact) mass is 248 g/mol. The molecule has 2 aromatic rings. The van der Waals surface area contributed by atoms with Crippen LogP contribution in [0.5, 0.6) is 0 Å². The van der Waals surface area contributed by atoms with Crippen LogP contribution >= 0.6 is 0 Å². The minimum atomic E-state index is 0.752. The van der Waals surface area contributed by atoms with Crippen molar-refractivity contribution in [3.8, 4) is 0 Å². The van der Waals surface area contributed by atoms with Crippen molar-refractivity contribution in [3.63, 3.8) is 0 Å². The van der Waals surface area contributed by atoms with Crippen LogP contribution in [0.15, 0.2) is 60.7 Å². The quantitative estimate of drug-likeness (QED) is 0.703. The molecule has 0 heterocycles. The number of rotatable bonds is 2. The first-order chi connectivity index (χ1) is 9.43. The van der Waals surface area contributed by atoms with Crippen LogP contribution in [0.1, 0.15) is 42.2 Å². The van der Waals surface area contributed by atoms with E-state index in [0.717, 1.165) is 23.7 Å². The SMILES string of the molecule is c1ccc(C2C3CCC(C3)C2c2ccccc2)cc1. The fourth-order valence-corrected chi connectivity index (χ4v) is 4.60.